The van der Waals surface area contributed by atoms with Crippen molar-refractivity contribution in [2.24, 2.45) is 0 Å². The Morgan fingerprint density at radius 3 is 2.36 bits per heavy atom. The van der Waals surface area contributed by atoms with Crippen LogP contribution in [0.4, 0.5) is 5.69 Å². The zero-order valence-electron chi connectivity index (χ0n) is 11.1. The Balaban J connectivity index is 1.95. The van der Waals surface area contributed by atoms with Crippen LogP contribution in [0.1, 0.15) is 5.56 Å². The summed E-state index contributed by atoms with van der Waals surface area (Å²) in [5.74, 6) is -0.0992. The molecule has 2 rings (SSSR count). The number of nitriles is 1. The molecule has 0 atom stereocenters. The highest BCUT2D eigenvalue weighted by Crippen LogP contribution is 2.33. The lowest BCUT2D eigenvalue weighted by atomic mass is 10.2. The first kappa shape index (κ1) is 16.4. The van der Waals surface area contributed by atoms with Crippen LogP contribution in [0.5, 0.6) is 5.75 Å². The monoisotopic (exact) mass is 354 g/mol. The van der Waals surface area contributed by atoms with E-state index in [1.54, 1.807) is 24.3 Å². The summed E-state index contributed by atoms with van der Waals surface area (Å²) in [6.45, 7) is -0.238. The highest BCUT2D eigenvalue weighted by Gasteiger charge is 2.09. The van der Waals surface area contributed by atoms with Crippen molar-refractivity contribution in [2.75, 3.05) is 11.9 Å². The van der Waals surface area contributed by atoms with Crippen LogP contribution in [-0.2, 0) is 4.79 Å². The number of hydrogen-bond acceptors (Lipinski definition) is 3. The van der Waals surface area contributed by atoms with Crippen LogP contribution in [0.2, 0.25) is 15.1 Å². The molecular weight excluding hydrogens is 347 g/mol. The van der Waals surface area contributed by atoms with E-state index in [1.807, 2.05) is 6.07 Å². The maximum Gasteiger partial charge on any atom is 0.262 e. The van der Waals surface area contributed by atoms with E-state index in [1.165, 1.54) is 12.1 Å². The maximum absolute atomic E-state index is 11.8. The molecule has 1 N–H and O–H groups in total. The lowest BCUT2D eigenvalue weighted by Crippen LogP contribution is -2.20. The molecule has 0 spiro atoms. The molecule has 112 valence electrons. The van der Waals surface area contributed by atoms with E-state index < -0.39 is 0 Å². The molecule has 0 aliphatic rings. The standard InChI is InChI=1S/C15H9Cl3N2O2/c16-11-5-13(18)14(6-12(11)17)22-8-15(21)20-10-3-1-9(7-19)2-4-10/h1-6H,8H2,(H,20,21). The second-order valence-corrected chi connectivity index (χ2v) is 5.44. The summed E-state index contributed by atoms with van der Waals surface area (Å²) >= 11 is 17.6. The number of nitrogens with one attached hydrogen (secondary N) is 1. The molecule has 0 radical (unpaired) electrons. The van der Waals surface area contributed by atoms with Gasteiger partial charge in [0.05, 0.1) is 26.7 Å². The zero-order valence-corrected chi connectivity index (χ0v) is 13.3. The van der Waals surface area contributed by atoms with E-state index in [9.17, 15) is 4.79 Å². The quantitative estimate of drug-likeness (QED) is 0.819. The van der Waals surface area contributed by atoms with Gasteiger partial charge in [-0.1, -0.05) is 34.8 Å². The minimum atomic E-state index is -0.369. The van der Waals surface area contributed by atoms with Gasteiger partial charge >= 0.3 is 0 Å². The second-order valence-electron chi connectivity index (χ2n) is 4.22. The number of halogens is 3. The number of carbonyl (C=O) groups excluding carboxylic acids is 1. The molecular formula is C15H9Cl3N2O2. The Morgan fingerprint density at radius 1 is 1.09 bits per heavy atom. The normalized spacial score (nSPS) is 9.91. The van der Waals surface area contributed by atoms with E-state index in [0.29, 0.717) is 16.3 Å². The molecule has 0 aromatic heterocycles. The molecule has 0 saturated heterocycles. The number of amides is 1. The van der Waals surface area contributed by atoms with Gasteiger partial charge in [-0.25, -0.2) is 0 Å². The summed E-state index contributed by atoms with van der Waals surface area (Å²) < 4.78 is 5.31. The van der Waals surface area contributed by atoms with Crippen molar-refractivity contribution in [3.8, 4) is 11.8 Å². The molecule has 0 bridgehead atoms. The largest absolute Gasteiger partial charge is 0.482 e. The van der Waals surface area contributed by atoms with Crippen molar-refractivity contribution in [1.82, 2.24) is 0 Å². The molecule has 0 aliphatic heterocycles. The number of ether oxygens (including phenoxy) is 1. The first-order chi connectivity index (χ1) is 10.5. The Morgan fingerprint density at radius 2 is 1.73 bits per heavy atom. The number of carbonyl (C=O) groups is 1. The molecule has 0 fully saturated rings. The van der Waals surface area contributed by atoms with Crippen molar-refractivity contribution in [1.29, 1.82) is 5.26 Å². The van der Waals surface area contributed by atoms with Crippen LogP contribution >= 0.6 is 34.8 Å². The zero-order chi connectivity index (χ0) is 16.1. The fourth-order valence-corrected chi connectivity index (χ4v) is 2.17. The molecule has 2 aromatic carbocycles. The third kappa shape index (κ3) is 4.28. The lowest BCUT2D eigenvalue weighted by molar-refractivity contribution is -0.118. The smallest absolute Gasteiger partial charge is 0.262 e. The van der Waals surface area contributed by atoms with Gasteiger partial charge in [0.1, 0.15) is 5.75 Å². The van der Waals surface area contributed by atoms with Gasteiger partial charge in [0.15, 0.2) is 6.61 Å². The molecule has 2 aromatic rings. The summed E-state index contributed by atoms with van der Waals surface area (Å²) in [4.78, 5) is 11.8. The molecule has 4 nitrogen and oxygen atoms in total. The molecule has 7 heteroatoms. The van der Waals surface area contributed by atoms with E-state index >= 15 is 0 Å². The van der Waals surface area contributed by atoms with Crippen molar-refractivity contribution < 1.29 is 9.53 Å². The van der Waals surface area contributed by atoms with Crippen LogP contribution in [-0.4, -0.2) is 12.5 Å². The van der Waals surface area contributed by atoms with E-state index in [2.05, 4.69) is 5.32 Å². The fourth-order valence-electron chi connectivity index (χ4n) is 1.58. The third-order valence-corrected chi connectivity index (χ3v) is 3.65. The van der Waals surface area contributed by atoms with Gasteiger partial charge in [-0.05, 0) is 30.3 Å². The van der Waals surface area contributed by atoms with Crippen molar-refractivity contribution in [2.45, 2.75) is 0 Å². The summed E-state index contributed by atoms with van der Waals surface area (Å²) in [5, 5.41) is 12.2. The Hall–Kier alpha value is -1.93. The van der Waals surface area contributed by atoms with Gasteiger partial charge in [-0.2, -0.15) is 5.26 Å². The van der Waals surface area contributed by atoms with Crippen molar-refractivity contribution >= 4 is 46.4 Å². The minimum absolute atomic E-state index is 0.238. The highest BCUT2D eigenvalue weighted by molar-refractivity contribution is 6.43. The molecule has 0 saturated carbocycles. The number of hydrogen-bond donors (Lipinski definition) is 1. The predicted octanol–water partition coefficient (Wildman–Crippen LogP) is 4.54. The van der Waals surface area contributed by atoms with Gasteiger partial charge in [0.2, 0.25) is 0 Å². The van der Waals surface area contributed by atoms with Crippen LogP contribution in [0, 0.1) is 11.3 Å². The summed E-state index contributed by atoms with van der Waals surface area (Å²) in [6.07, 6.45) is 0. The fraction of sp³-hybridized carbons (Fsp3) is 0.0667. The minimum Gasteiger partial charge on any atom is -0.482 e. The second kappa shape index (κ2) is 7.37. The average Bonchev–Trinajstić information content (AvgIpc) is 2.50. The molecule has 1 amide bonds. The summed E-state index contributed by atoms with van der Waals surface area (Å²) in [6, 6.07) is 11.3. The van der Waals surface area contributed by atoms with Crippen LogP contribution in [0.25, 0.3) is 0 Å². The number of nitrogens with zero attached hydrogens (tertiary/aromatic N) is 1. The molecule has 0 heterocycles. The van der Waals surface area contributed by atoms with Gasteiger partial charge in [-0.3, -0.25) is 4.79 Å². The van der Waals surface area contributed by atoms with Crippen LogP contribution in [0.3, 0.4) is 0 Å². The maximum atomic E-state index is 11.8. The Labute approximate surface area is 142 Å². The summed E-state index contributed by atoms with van der Waals surface area (Å²) in [7, 11) is 0. The van der Waals surface area contributed by atoms with Crippen molar-refractivity contribution in [3.05, 3.63) is 57.0 Å². The van der Waals surface area contributed by atoms with Gasteiger partial charge in [0, 0.05) is 11.8 Å². The van der Waals surface area contributed by atoms with Crippen molar-refractivity contribution in [3.63, 3.8) is 0 Å². The van der Waals surface area contributed by atoms with Gasteiger partial charge < -0.3 is 10.1 Å². The van der Waals surface area contributed by atoms with E-state index in [-0.39, 0.29) is 28.3 Å². The number of rotatable bonds is 4. The van der Waals surface area contributed by atoms with E-state index in [0.717, 1.165) is 0 Å². The average molecular weight is 356 g/mol. The summed E-state index contributed by atoms with van der Waals surface area (Å²) in [5.41, 5.74) is 1.07. The lowest BCUT2D eigenvalue weighted by Gasteiger charge is -2.10. The Kier molecular flexibility index (Phi) is 5.51. The first-order valence-corrected chi connectivity index (χ1v) is 7.20. The third-order valence-electron chi connectivity index (χ3n) is 2.63. The molecule has 22 heavy (non-hydrogen) atoms. The van der Waals surface area contributed by atoms with Gasteiger partial charge in [0.25, 0.3) is 5.91 Å². The number of benzene rings is 2. The SMILES string of the molecule is N#Cc1ccc(NC(=O)COc2cc(Cl)c(Cl)cc2Cl)cc1. The highest BCUT2D eigenvalue weighted by atomic mass is 35.5. The van der Waals surface area contributed by atoms with E-state index in [4.69, 9.17) is 44.8 Å². The van der Waals surface area contributed by atoms with Gasteiger partial charge in [-0.15, -0.1) is 0 Å². The predicted molar refractivity (Wildman–Crippen MR) is 86.8 cm³/mol. The first-order valence-electron chi connectivity index (χ1n) is 6.07. The molecule has 0 unspecified atom stereocenters. The number of anilines is 1. The van der Waals surface area contributed by atoms with Crippen LogP contribution < -0.4 is 10.1 Å². The molecule has 0 aliphatic carbocycles. The Bertz CT molecular complexity index is 740. The topological polar surface area (TPSA) is 62.1 Å². The van der Waals surface area contributed by atoms with Crippen LogP contribution in [0.15, 0.2) is 36.4 Å².